The lowest BCUT2D eigenvalue weighted by Gasteiger charge is -2.27. The van der Waals surface area contributed by atoms with Crippen molar-refractivity contribution in [2.45, 2.75) is 0 Å². The van der Waals surface area contributed by atoms with Gasteiger partial charge in [0.05, 0.1) is 11.4 Å². The predicted molar refractivity (Wildman–Crippen MR) is 132 cm³/mol. The highest BCUT2D eigenvalue weighted by Crippen LogP contribution is 2.39. The summed E-state index contributed by atoms with van der Waals surface area (Å²) < 4.78 is 0. The van der Waals surface area contributed by atoms with Crippen LogP contribution >= 0.6 is 22.7 Å². The molecule has 4 heteroatoms. The smallest absolute Gasteiger partial charge is 0.0568 e. The SMILES string of the molecule is c1ccc(N(c2ccc(N(c3ccccc3)c3ccsc3)cc2)c2ccsc2)cc1. The van der Waals surface area contributed by atoms with Crippen LogP contribution in [0.2, 0.25) is 0 Å². The second-order valence-corrected chi connectivity index (χ2v) is 8.38. The lowest BCUT2D eigenvalue weighted by molar-refractivity contribution is 1.27. The molecule has 3 aromatic carbocycles. The normalized spacial score (nSPS) is 10.7. The topological polar surface area (TPSA) is 6.48 Å². The van der Waals surface area contributed by atoms with E-state index in [2.05, 4.69) is 128 Å². The number of rotatable bonds is 6. The Morgan fingerprint density at radius 3 is 1.07 bits per heavy atom. The van der Waals surface area contributed by atoms with E-state index in [1.54, 1.807) is 22.7 Å². The van der Waals surface area contributed by atoms with Crippen LogP contribution < -0.4 is 9.80 Å². The molecule has 0 amide bonds. The third-order valence-corrected chi connectivity index (χ3v) is 6.27. The minimum atomic E-state index is 1.14. The van der Waals surface area contributed by atoms with Crippen molar-refractivity contribution in [3.63, 3.8) is 0 Å². The zero-order chi connectivity index (χ0) is 20.2. The average Bonchev–Trinajstić information content (AvgIpc) is 3.52. The van der Waals surface area contributed by atoms with E-state index in [-0.39, 0.29) is 0 Å². The van der Waals surface area contributed by atoms with E-state index < -0.39 is 0 Å². The molecule has 2 nitrogen and oxygen atoms in total. The molecule has 0 saturated carbocycles. The fourth-order valence-corrected chi connectivity index (χ4v) is 4.81. The first-order valence-electron chi connectivity index (χ1n) is 9.75. The molecular weight excluding hydrogens is 404 g/mol. The molecule has 0 aliphatic heterocycles. The first-order chi connectivity index (χ1) is 14.9. The van der Waals surface area contributed by atoms with Crippen molar-refractivity contribution in [1.29, 1.82) is 0 Å². The zero-order valence-electron chi connectivity index (χ0n) is 16.3. The molecule has 5 rings (SSSR count). The van der Waals surface area contributed by atoms with Gasteiger partial charge in [-0.05, 0) is 71.4 Å². The monoisotopic (exact) mass is 424 g/mol. The van der Waals surface area contributed by atoms with Gasteiger partial charge >= 0.3 is 0 Å². The maximum atomic E-state index is 2.29. The van der Waals surface area contributed by atoms with Gasteiger partial charge < -0.3 is 9.80 Å². The summed E-state index contributed by atoms with van der Waals surface area (Å²) in [5.41, 5.74) is 6.94. The highest BCUT2D eigenvalue weighted by Gasteiger charge is 2.15. The highest BCUT2D eigenvalue weighted by molar-refractivity contribution is 7.08. The van der Waals surface area contributed by atoms with Gasteiger partial charge in [0.15, 0.2) is 0 Å². The molecule has 0 aliphatic carbocycles. The Morgan fingerprint density at radius 2 is 0.733 bits per heavy atom. The van der Waals surface area contributed by atoms with Gasteiger partial charge in [0, 0.05) is 33.5 Å². The number of hydrogen-bond donors (Lipinski definition) is 0. The Labute approximate surface area is 184 Å². The Bertz CT molecular complexity index is 1070. The van der Waals surface area contributed by atoms with Crippen molar-refractivity contribution in [1.82, 2.24) is 0 Å². The summed E-state index contributed by atoms with van der Waals surface area (Å²) in [6.45, 7) is 0. The maximum absolute atomic E-state index is 2.29. The summed E-state index contributed by atoms with van der Waals surface area (Å²) >= 11 is 3.42. The molecule has 0 atom stereocenters. The van der Waals surface area contributed by atoms with Gasteiger partial charge in [-0.25, -0.2) is 0 Å². The summed E-state index contributed by atoms with van der Waals surface area (Å²) in [7, 11) is 0. The number of thiophene rings is 2. The second-order valence-electron chi connectivity index (χ2n) is 6.82. The predicted octanol–water partition coefficient (Wildman–Crippen LogP) is 8.75. The highest BCUT2D eigenvalue weighted by atomic mass is 32.1. The molecule has 5 aromatic rings. The van der Waals surface area contributed by atoms with Crippen molar-refractivity contribution in [2.75, 3.05) is 9.80 Å². The molecule has 30 heavy (non-hydrogen) atoms. The number of benzene rings is 3. The van der Waals surface area contributed by atoms with Crippen molar-refractivity contribution in [3.8, 4) is 0 Å². The number of nitrogens with zero attached hydrogens (tertiary/aromatic N) is 2. The van der Waals surface area contributed by atoms with Crippen LogP contribution in [0.1, 0.15) is 0 Å². The van der Waals surface area contributed by atoms with E-state index in [1.807, 2.05) is 0 Å². The van der Waals surface area contributed by atoms with Crippen molar-refractivity contribution in [2.24, 2.45) is 0 Å². The van der Waals surface area contributed by atoms with Crippen molar-refractivity contribution in [3.05, 3.63) is 119 Å². The van der Waals surface area contributed by atoms with Crippen molar-refractivity contribution >= 4 is 56.8 Å². The number of para-hydroxylation sites is 2. The molecule has 0 aliphatic rings. The van der Waals surface area contributed by atoms with E-state index in [1.165, 1.54) is 11.4 Å². The van der Waals surface area contributed by atoms with Gasteiger partial charge in [0.25, 0.3) is 0 Å². The Morgan fingerprint density at radius 1 is 0.367 bits per heavy atom. The second kappa shape index (κ2) is 8.57. The van der Waals surface area contributed by atoms with Gasteiger partial charge in [-0.1, -0.05) is 36.4 Å². The standard InChI is InChI=1S/C26H20N2S2/c1-3-7-21(8-4-1)27(25-15-17-29-19-25)23-11-13-24(14-12-23)28(26-16-18-30-20-26)22-9-5-2-6-10-22/h1-20H. The molecule has 0 N–H and O–H groups in total. The Balaban J connectivity index is 1.55. The molecule has 0 radical (unpaired) electrons. The largest absolute Gasteiger partial charge is 0.310 e. The van der Waals surface area contributed by atoms with Crippen LogP contribution in [-0.4, -0.2) is 0 Å². The Hall–Kier alpha value is -3.34. The van der Waals surface area contributed by atoms with E-state index in [9.17, 15) is 0 Å². The zero-order valence-corrected chi connectivity index (χ0v) is 17.9. The first kappa shape index (κ1) is 18.7. The number of anilines is 6. The van der Waals surface area contributed by atoms with Crippen LogP contribution in [0.3, 0.4) is 0 Å². The average molecular weight is 425 g/mol. The van der Waals surface area contributed by atoms with Gasteiger partial charge in [-0.15, -0.1) is 0 Å². The third-order valence-electron chi connectivity index (χ3n) is 4.92. The lowest BCUT2D eigenvalue weighted by atomic mass is 10.1. The molecule has 0 fully saturated rings. The van der Waals surface area contributed by atoms with Crippen LogP contribution in [0.4, 0.5) is 34.1 Å². The lowest BCUT2D eigenvalue weighted by Crippen LogP contribution is -2.11. The molecule has 2 heterocycles. The van der Waals surface area contributed by atoms with Gasteiger partial charge in [0.1, 0.15) is 0 Å². The molecule has 0 bridgehead atoms. The molecule has 0 spiro atoms. The van der Waals surface area contributed by atoms with Crippen LogP contribution in [0, 0.1) is 0 Å². The Kier molecular flexibility index (Phi) is 5.34. The van der Waals surface area contributed by atoms with Crippen LogP contribution in [-0.2, 0) is 0 Å². The summed E-state index contributed by atoms with van der Waals surface area (Å²) in [6.07, 6.45) is 0. The van der Waals surface area contributed by atoms with E-state index >= 15 is 0 Å². The van der Waals surface area contributed by atoms with Gasteiger partial charge in [0.2, 0.25) is 0 Å². The van der Waals surface area contributed by atoms with Crippen LogP contribution in [0.5, 0.6) is 0 Å². The first-order valence-corrected chi connectivity index (χ1v) is 11.6. The molecular formula is C26H20N2S2. The molecule has 146 valence electrons. The molecule has 0 unspecified atom stereocenters. The quantitative estimate of drug-likeness (QED) is 0.269. The van der Waals surface area contributed by atoms with E-state index in [0.29, 0.717) is 0 Å². The summed E-state index contributed by atoms with van der Waals surface area (Å²) in [4.78, 5) is 4.58. The van der Waals surface area contributed by atoms with Gasteiger partial charge in [-0.2, -0.15) is 22.7 Å². The third kappa shape index (κ3) is 3.75. The van der Waals surface area contributed by atoms with Gasteiger partial charge in [-0.3, -0.25) is 0 Å². The van der Waals surface area contributed by atoms with E-state index in [4.69, 9.17) is 0 Å². The molecule has 2 aromatic heterocycles. The minimum absolute atomic E-state index is 1.14. The summed E-state index contributed by atoms with van der Waals surface area (Å²) in [5.74, 6) is 0. The number of hydrogen-bond acceptors (Lipinski definition) is 4. The summed E-state index contributed by atoms with van der Waals surface area (Å²) in [5, 5.41) is 8.60. The maximum Gasteiger partial charge on any atom is 0.0568 e. The van der Waals surface area contributed by atoms with Crippen LogP contribution in [0.25, 0.3) is 0 Å². The van der Waals surface area contributed by atoms with Crippen LogP contribution in [0.15, 0.2) is 119 Å². The van der Waals surface area contributed by atoms with Crippen molar-refractivity contribution < 1.29 is 0 Å². The summed E-state index contributed by atoms with van der Waals surface area (Å²) in [6, 6.07) is 34.1. The fraction of sp³-hybridized carbons (Fsp3) is 0. The fourth-order valence-electron chi connectivity index (χ4n) is 3.57. The van der Waals surface area contributed by atoms with E-state index in [0.717, 1.165) is 22.7 Å². The minimum Gasteiger partial charge on any atom is -0.310 e. The molecule has 0 saturated heterocycles.